The van der Waals surface area contributed by atoms with Crippen LogP contribution in [0, 0.1) is 0 Å². The van der Waals surface area contributed by atoms with Crippen LogP contribution < -0.4 is 14.2 Å². The maximum Gasteiger partial charge on any atom is 0.262 e. The smallest absolute Gasteiger partial charge is 0.262 e. The van der Waals surface area contributed by atoms with Gasteiger partial charge in [0, 0.05) is 23.9 Å². The van der Waals surface area contributed by atoms with Gasteiger partial charge in [-0.2, -0.15) is 0 Å². The molecule has 1 N–H and O–H groups in total. The minimum atomic E-state index is -3.97. The van der Waals surface area contributed by atoms with Crippen LogP contribution in [0.4, 0.5) is 5.69 Å². The molecule has 28 heavy (non-hydrogen) atoms. The molecule has 152 valence electrons. The third kappa shape index (κ3) is 5.53. The van der Waals surface area contributed by atoms with E-state index in [1.165, 1.54) is 38.5 Å². The second-order valence-corrected chi connectivity index (χ2v) is 8.35. The number of halogens is 2. The summed E-state index contributed by atoms with van der Waals surface area (Å²) in [6.07, 6.45) is 1.55. The van der Waals surface area contributed by atoms with E-state index in [1.54, 1.807) is 12.1 Å². The largest absolute Gasteiger partial charge is 0.497 e. The molecule has 0 atom stereocenters. The van der Waals surface area contributed by atoms with Gasteiger partial charge >= 0.3 is 0 Å². The summed E-state index contributed by atoms with van der Waals surface area (Å²) in [5.74, 6) is 1.06. The summed E-state index contributed by atoms with van der Waals surface area (Å²) in [5, 5.41) is 0.205. The third-order valence-corrected chi connectivity index (χ3v) is 5.95. The molecular weight excluding hydrogens is 425 g/mol. The average Bonchev–Trinajstić information content (AvgIpc) is 2.68. The topological polar surface area (TPSA) is 81.7 Å². The van der Waals surface area contributed by atoms with Crippen LogP contribution in [0.1, 0.15) is 29.6 Å². The minimum absolute atomic E-state index is 0.0736. The van der Waals surface area contributed by atoms with Gasteiger partial charge in [0.1, 0.15) is 11.5 Å². The molecule has 0 aliphatic heterocycles. The Morgan fingerprint density at radius 2 is 1.82 bits per heavy atom. The van der Waals surface area contributed by atoms with E-state index in [9.17, 15) is 13.2 Å². The summed E-state index contributed by atoms with van der Waals surface area (Å²) in [4.78, 5) is 12.3. The Morgan fingerprint density at radius 1 is 1.07 bits per heavy atom. The predicted octanol–water partition coefficient (Wildman–Crippen LogP) is 4.75. The molecule has 0 spiro atoms. The van der Waals surface area contributed by atoms with Crippen molar-refractivity contribution in [2.24, 2.45) is 0 Å². The lowest BCUT2D eigenvalue weighted by Gasteiger charge is -2.14. The van der Waals surface area contributed by atoms with Crippen LogP contribution in [0.2, 0.25) is 5.02 Å². The number of carbonyl (C=O) groups is 1. The van der Waals surface area contributed by atoms with Gasteiger partial charge in [0.15, 0.2) is 5.78 Å². The number of carbonyl (C=O) groups excluding carboxylic acids is 1. The molecule has 0 saturated heterocycles. The van der Waals surface area contributed by atoms with Crippen molar-refractivity contribution in [1.29, 1.82) is 0 Å². The number of ketones is 1. The Hall–Kier alpha value is -1.96. The summed E-state index contributed by atoms with van der Waals surface area (Å²) < 4.78 is 38.4. The van der Waals surface area contributed by atoms with Crippen LogP contribution in [0.3, 0.4) is 0 Å². The van der Waals surface area contributed by atoms with E-state index in [2.05, 4.69) is 4.72 Å². The van der Waals surface area contributed by atoms with Gasteiger partial charge in [-0.25, -0.2) is 8.42 Å². The van der Waals surface area contributed by atoms with Crippen molar-refractivity contribution < 1.29 is 22.7 Å². The van der Waals surface area contributed by atoms with Crippen LogP contribution in [0.25, 0.3) is 0 Å². The van der Waals surface area contributed by atoms with Gasteiger partial charge in [-0.1, -0.05) is 11.6 Å². The molecule has 0 amide bonds. The van der Waals surface area contributed by atoms with Gasteiger partial charge in [0.2, 0.25) is 0 Å². The number of hydrogen-bond donors (Lipinski definition) is 1. The number of Topliss-reactive ketones (excluding diaryl/α,β-unsaturated/α-hetero) is 1. The van der Waals surface area contributed by atoms with Crippen molar-refractivity contribution in [1.82, 2.24) is 0 Å². The van der Waals surface area contributed by atoms with Gasteiger partial charge in [-0.15, -0.1) is 11.6 Å². The number of rotatable bonds is 10. The van der Waals surface area contributed by atoms with E-state index in [1.807, 2.05) is 0 Å². The fraction of sp³-hybridized carbons (Fsp3) is 0.316. The van der Waals surface area contributed by atoms with Gasteiger partial charge in [-0.3, -0.25) is 9.52 Å². The highest BCUT2D eigenvalue weighted by molar-refractivity contribution is 7.92. The van der Waals surface area contributed by atoms with Crippen molar-refractivity contribution >= 4 is 44.7 Å². The first-order valence-electron chi connectivity index (χ1n) is 8.46. The standard InChI is InChI=1S/C19H21Cl2NO5S/c1-26-13-6-9-17(19(11-13)27-2)22-28(24,25)14-7-8-16(21)15(12-14)18(23)5-3-4-10-20/h6-9,11-12,22H,3-5,10H2,1-2H3. The van der Waals surface area contributed by atoms with Gasteiger partial charge in [-0.05, 0) is 43.2 Å². The highest BCUT2D eigenvalue weighted by Crippen LogP contribution is 2.31. The maximum atomic E-state index is 12.8. The maximum absolute atomic E-state index is 12.8. The Kier molecular flexibility index (Phi) is 7.98. The normalized spacial score (nSPS) is 11.1. The third-order valence-electron chi connectivity index (χ3n) is 3.99. The lowest BCUT2D eigenvalue weighted by Crippen LogP contribution is -2.14. The monoisotopic (exact) mass is 445 g/mol. The van der Waals surface area contributed by atoms with Crippen LogP contribution in [0.15, 0.2) is 41.3 Å². The van der Waals surface area contributed by atoms with E-state index in [0.717, 1.165) is 0 Å². The number of benzene rings is 2. The van der Waals surface area contributed by atoms with Gasteiger partial charge in [0.25, 0.3) is 10.0 Å². The molecular formula is C19H21Cl2NO5S. The summed E-state index contributed by atoms with van der Waals surface area (Å²) >= 11 is 11.7. The lowest BCUT2D eigenvalue weighted by atomic mass is 10.1. The molecule has 0 radical (unpaired) electrons. The first kappa shape index (κ1) is 22.3. The molecule has 0 heterocycles. The highest BCUT2D eigenvalue weighted by Gasteiger charge is 2.20. The molecule has 0 aromatic heterocycles. The summed E-state index contributed by atoms with van der Waals surface area (Å²) in [6.45, 7) is 0. The molecule has 2 aromatic rings. The molecule has 9 heteroatoms. The Labute approximate surface area is 174 Å². The van der Waals surface area contributed by atoms with Crippen LogP contribution in [-0.2, 0) is 10.0 Å². The second-order valence-electron chi connectivity index (χ2n) is 5.88. The van der Waals surface area contributed by atoms with Gasteiger partial charge in [0.05, 0.1) is 29.8 Å². The quantitative estimate of drug-likeness (QED) is 0.324. The van der Waals surface area contributed by atoms with Crippen LogP contribution in [0.5, 0.6) is 11.5 Å². The number of methoxy groups -OCH3 is 2. The van der Waals surface area contributed by atoms with E-state index in [0.29, 0.717) is 30.2 Å². The molecule has 0 bridgehead atoms. The molecule has 6 nitrogen and oxygen atoms in total. The molecule has 2 rings (SSSR count). The Morgan fingerprint density at radius 3 is 2.46 bits per heavy atom. The second kappa shape index (κ2) is 10.0. The molecule has 0 aliphatic rings. The zero-order chi connectivity index (χ0) is 20.7. The Bertz CT molecular complexity index is 947. The van der Waals surface area contributed by atoms with E-state index in [4.69, 9.17) is 32.7 Å². The number of hydrogen-bond acceptors (Lipinski definition) is 5. The molecule has 2 aromatic carbocycles. The number of alkyl halides is 1. The summed E-state index contributed by atoms with van der Waals surface area (Å²) in [7, 11) is -1.05. The first-order chi connectivity index (χ1) is 13.3. The summed E-state index contributed by atoms with van der Waals surface area (Å²) in [6, 6.07) is 8.72. The Balaban J connectivity index is 2.31. The van der Waals surface area contributed by atoms with Crippen molar-refractivity contribution in [3.63, 3.8) is 0 Å². The van der Waals surface area contributed by atoms with Crippen molar-refractivity contribution in [3.8, 4) is 11.5 Å². The van der Waals surface area contributed by atoms with Crippen LogP contribution in [-0.4, -0.2) is 34.3 Å². The molecule has 0 unspecified atom stereocenters. The number of nitrogens with one attached hydrogen (secondary N) is 1. The number of anilines is 1. The van der Waals surface area contributed by atoms with Crippen molar-refractivity contribution in [2.45, 2.75) is 24.2 Å². The van der Waals surface area contributed by atoms with E-state index < -0.39 is 10.0 Å². The molecule has 0 aliphatic carbocycles. The zero-order valence-electron chi connectivity index (χ0n) is 15.5. The highest BCUT2D eigenvalue weighted by atomic mass is 35.5. The number of unbranched alkanes of at least 4 members (excludes halogenated alkanes) is 1. The molecule has 0 saturated carbocycles. The van der Waals surface area contributed by atoms with Crippen molar-refractivity contribution in [2.75, 3.05) is 24.8 Å². The zero-order valence-corrected chi connectivity index (χ0v) is 17.8. The van der Waals surface area contributed by atoms with Crippen LogP contribution >= 0.6 is 23.2 Å². The lowest BCUT2D eigenvalue weighted by molar-refractivity contribution is 0.0980. The fourth-order valence-electron chi connectivity index (χ4n) is 2.49. The predicted molar refractivity (Wildman–Crippen MR) is 111 cm³/mol. The minimum Gasteiger partial charge on any atom is -0.497 e. The van der Waals surface area contributed by atoms with E-state index >= 15 is 0 Å². The average molecular weight is 446 g/mol. The molecule has 0 fully saturated rings. The fourth-order valence-corrected chi connectivity index (χ4v) is 3.99. The van der Waals surface area contributed by atoms with Crippen molar-refractivity contribution in [3.05, 3.63) is 47.0 Å². The SMILES string of the molecule is COc1ccc(NS(=O)(=O)c2ccc(Cl)c(C(=O)CCCCCl)c2)c(OC)c1. The van der Waals surface area contributed by atoms with Gasteiger partial charge < -0.3 is 9.47 Å². The number of ether oxygens (including phenoxy) is 2. The first-order valence-corrected chi connectivity index (χ1v) is 10.9. The number of sulfonamides is 1. The summed E-state index contributed by atoms with van der Waals surface area (Å²) in [5.41, 5.74) is 0.411. The van der Waals surface area contributed by atoms with E-state index in [-0.39, 0.29) is 33.4 Å².